The number of aromatic hydroxyl groups is 1. The summed E-state index contributed by atoms with van der Waals surface area (Å²) in [5.74, 6) is -0.691. The van der Waals surface area contributed by atoms with E-state index >= 15 is 0 Å². The van der Waals surface area contributed by atoms with Gasteiger partial charge in [-0.05, 0) is 41.3 Å². The standard InChI is InChI=1S/C18H18O4/c1-3-12-4-7-14(8-5-12)15(18(20)21)10-13-6-9-17(22-2)16(19)11-13/h4-11,19H,3H2,1-2H3,(H,20,21)/b15-10-. The Morgan fingerprint density at radius 1 is 1.18 bits per heavy atom. The third-order valence-corrected chi connectivity index (χ3v) is 3.42. The maximum absolute atomic E-state index is 11.5. The van der Waals surface area contributed by atoms with Crippen LogP contribution >= 0.6 is 0 Å². The van der Waals surface area contributed by atoms with E-state index < -0.39 is 5.97 Å². The Morgan fingerprint density at radius 3 is 2.36 bits per heavy atom. The Labute approximate surface area is 129 Å². The van der Waals surface area contributed by atoms with E-state index in [4.69, 9.17) is 4.74 Å². The number of hydrogen-bond acceptors (Lipinski definition) is 3. The third kappa shape index (κ3) is 3.47. The number of hydrogen-bond donors (Lipinski definition) is 2. The second-order valence-electron chi connectivity index (χ2n) is 4.84. The number of rotatable bonds is 5. The first-order chi connectivity index (χ1) is 10.5. The van der Waals surface area contributed by atoms with Crippen LogP contribution in [0.4, 0.5) is 0 Å². The van der Waals surface area contributed by atoms with E-state index in [0.717, 1.165) is 12.0 Å². The fourth-order valence-corrected chi connectivity index (χ4v) is 2.15. The molecule has 0 aliphatic heterocycles. The normalized spacial score (nSPS) is 11.3. The molecule has 0 aliphatic carbocycles. The van der Waals surface area contributed by atoms with Gasteiger partial charge in [0.1, 0.15) is 0 Å². The lowest BCUT2D eigenvalue weighted by Crippen LogP contribution is -2.00. The van der Waals surface area contributed by atoms with Crippen LogP contribution in [0.25, 0.3) is 11.6 Å². The molecule has 4 heteroatoms. The number of aryl methyl sites for hydroxylation is 1. The van der Waals surface area contributed by atoms with Gasteiger partial charge in [0.25, 0.3) is 0 Å². The molecular weight excluding hydrogens is 280 g/mol. The van der Waals surface area contributed by atoms with Crippen LogP contribution in [0, 0.1) is 0 Å². The highest BCUT2D eigenvalue weighted by molar-refractivity contribution is 6.20. The van der Waals surface area contributed by atoms with Crippen molar-refractivity contribution in [3.63, 3.8) is 0 Å². The number of phenols is 1. The highest BCUT2D eigenvalue weighted by Crippen LogP contribution is 2.28. The lowest BCUT2D eigenvalue weighted by Gasteiger charge is -2.06. The molecule has 2 N–H and O–H groups in total. The van der Waals surface area contributed by atoms with Crippen LogP contribution in [0.1, 0.15) is 23.6 Å². The smallest absolute Gasteiger partial charge is 0.336 e. The minimum Gasteiger partial charge on any atom is -0.504 e. The number of carbonyl (C=O) groups is 1. The summed E-state index contributed by atoms with van der Waals surface area (Å²) in [6.45, 7) is 2.04. The molecule has 0 fully saturated rings. The molecule has 0 aliphatic rings. The Morgan fingerprint density at radius 2 is 1.86 bits per heavy atom. The van der Waals surface area contributed by atoms with E-state index in [0.29, 0.717) is 16.9 Å². The maximum Gasteiger partial charge on any atom is 0.336 e. The van der Waals surface area contributed by atoms with Crippen LogP contribution in [-0.4, -0.2) is 23.3 Å². The molecule has 0 radical (unpaired) electrons. The van der Waals surface area contributed by atoms with Gasteiger partial charge in [0.2, 0.25) is 0 Å². The van der Waals surface area contributed by atoms with Crippen molar-refractivity contribution in [3.05, 3.63) is 59.2 Å². The molecule has 114 valence electrons. The summed E-state index contributed by atoms with van der Waals surface area (Å²) < 4.78 is 4.98. The average Bonchev–Trinajstić information content (AvgIpc) is 2.52. The van der Waals surface area contributed by atoms with Gasteiger partial charge in [0, 0.05) is 0 Å². The molecule has 4 nitrogen and oxygen atoms in total. The van der Waals surface area contributed by atoms with E-state index in [2.05, 4.69) is 0 Å². The van der Waals surface area contributed by atoms with E-state index in [1.54, 1.807) is 24.3 Å². The number of carboxylic acids is 1. The number of carboxylic acid groups (broad SMARTS) is 1. The maximum atomic E-state index is 11.5. The molecule has 2 aromatic rings. The monoisotopic (exact) mass is 298 g/mol. The lowest BCUT2D eigenvalue weighted by molar-refractivity contribution is -0.130. The van der Waals surface area contributed by atoms with Crippen LogP contribution in [0.15, 0.2) is 42.5 Å². The topological polar surface area (TPSA) is 66.8 Å². The summed E-state index contributed by atoms with van der Waals surface area (Å²) in [4.78, 5) is 11.5. The molecule has 0 aromatic heterocycles. The molecule has 0 amide bonds. The van der Waals surface area contributed by atoms with Crippen molar-refractivity contribution in [3.8, 4) is 11.5 Å². The Balaban J connectivity index is 2.42. The van der Waals surface area contributed by atoms with Gasteiger partial charge in [-0.25, -0.2) is 4.79 Å². The average molecular weight is 298 g/mol. The number of ether oxygens (including phenoxy) is 1. The number of aliphatic carboxylic acids is 1. The quantitative estimate of drug-likeness (QED) is 0.654. The molecule has 0 saturated carbocycles. The van der Waals surface area contributed by atoms with E-state index in [1.165, 1.54) is 19.3 Å². The first-order valence-electron chi connectivity index (χ1n) is 6.96. The predicted molar refractivity (Wildman–Crippen MR) is 86.0 cm³/mol. The predicted octanol–water partition coefficient (Wildman–Crippen LogP) is 3.59. The Kier molecular flexibility index (Phi) is 4.84. The summed E-state index contributed by atoms with van der Waals surface area (Å²) >= 11 is 0. The fourth-order valence-electron chi connectivity index (χ4n) is 2.15. The van der Waals surface area contributed by atoms with E-state index in [-0.39, 0.29) is 11.3 Å². The minimum atomic E-state index is -1.01. The minimum absolute atomic E-state index is 0.0256. The van der Waals surface area contributed by atoms with Gasteiger partial charge in [-0.3, -0.25) is 0 Å². The van der Waals surface area contributed by atoms with Gasteiger partial charge in [-0.2, -0.15) is 0 Å². The molecule has 0 spiro atoms. The van der Waals surface area contributed by atoms with Crippen molar-refractivity contribution in [2.24, 2.45) is 0 Å². The van der Waals surface area contributed by atoms with Gasteiger partial charge in [0.05, 0.1) is 12.7 Å². The van der Waals surface area contributed by atoms with Crippen LogP contribution in [0.3, 0.4) is 0 Å². The number of benzene rings is 2. The van der Waals surface area contributed by atoms with Crippen LogP contribution < -0.4 is 4.74 Å². The Hall–Kier alpha value is -2.75. The van der Waals surface area contributed by atoms with Crippen molar-refractivity contribution in [1.29, 1.82) is 0 Å². The van der Waals surface area contributed by atoms with E-state index in [9.17, 15) is 15.0 Å². The number of phenolic OH excluding ortho intramolecular Hbond substituents is 1. The Bertz CT molecular complexity index is 700. The number of methoxy groups -OCH3 is 1. The van der Waals surface area contributed by atoms with Crippen molar-refractivity contribution in [2.75, 3.05) is 7.11 Å². The zero-order chi connectivity index (χ0) is 16.1. The van der Waals surface area contributed by atoms with Crippen molar-refractivity contribution < 1.29 is 19.7 Å². The van der Waals surface area contributed by atoms with Gasteiger partial charge in [0.15, 0.2) is 11.5 Å². The molecular formula is C18H18O4. The molecule has 0 atom stereocenters. The van der Waals surface area contributed by atoms with Gasteiger partial charge < -0.3 is 14.9 Å². The molecule has 22 heavy (non-hydrogen) atoms. The SMILES string of the molecule is CCc1ccc(/C(=C/c2ccc(OC)c(O)c2)C(=O)O)cc1. The highest BCUT2D eigenvalue weighted by atomic mass is 16.5. The van der Waals surface area contributed by atoms with E-state index in [1.807, 2.05) is 19.1 Å². The third-order valence-electron chi connectivity index (χ3n) is 3.42. The van der Waals surface area contributed by atoms with Crippen molar-refractivity contribution >= 4 is 17.6 Å². The van der Waals surface area contributed by atoms with Gasteiger partial charge in [-0.15, -0.1) is 0 Å². The summed E-state index contributed by atoms with van der Waals surface area (Å²) in [5.41, 5.74) is 2.54. The molecule has 2 rings (SSSR count). The summed E-state index contributed by atoms with van der Waals surface area (Å²) in [6, 6.07) is 12.2. The van der Waals surface area contributed by atoms with Crippen LogP contribution in [-0.2, 0) is 11.2 Å². The molecule has 0 unspecified atom stereocenters. The summed E-state index contributed by atoms with van der Waals surface area (Å²) in [7, 11) is 1.46. The second kappa shape index (κ2) is 6.80. The molecule has 2 aromatic carbocycles. The summed E-state index contributed by atoms with van der Waals surface area (Å²) in [6.07, 6.45) is 2.43. The zero-order valence-corrected chi connectivity index (χ0v) is 12.5. The lowest BCUT2D eigenvalue weighted by atomic mass is 10.0. The van der Waals surface area contributed by atoms with Gasteiger partial charge >= 0.3 is 5.97 Å². The second-order valence-corrected chi connectivity index (χ2v) is 4.84. The van der Waals surface area contributed by atoms with Crippen molar-refractivity contribution in [2.45, 2.75) is 13.3 Å². The van der Waals surface area contributed by atoms with Crippen LogP contribution in [0.5, 0.6) is 11.5 Å². The zero-order valence-electron chi connectivity index (χ0n) is 12.5. The first-order valence-corrected chi connectivity index (χ1v) is 6.96. The molecule has 0 heterocycles. The molecule has 0 bridgehead atoms. The molecule has 0 saturated heterocycles. The summed E-state index contributed by atoms with van der Waals surface area (Å²) in [5, 5.41) is 19.2. The fraction of sp³-hybridized carbons (Fsp3) is 0.167. The largest absolute Gasteiger partial charge is 0.504 e. The van der Waals surface area contributed by atoms with Crippen LogP contribution in [0.2, 0.25) is 0 Å². The first kappa shape index (κ1) is 15.6. The van der Waals surface area contributed by atoms with Crippen molar-refractivity contribution in [1.82, 2.24) is 0 Å². The van der Waals surface area contributed by atoms with Gasteiger partial charge in [-0.1, -0.05) is 37.3 Å². The highest BCUT2D eigenvalue weighted by Gasteiger charge is 2.11.